The smallest absolute Gasteiger partial charge is 0.0701 e. The summed E-state index contributed by atoms with van der Waals surface area (Å²) in [5, 5.41) is 3.70. The van der Waals surface area contributed by atoms with Crippen molar-refractivity contribution in [3.8, 4) is 0 Å². The fourth-order valence-corrected chi connectivity index (χ4v) is 0.400. The molecule has 0 bridgehead atoms. The number of hydrogen-bond acceptors (Lipinski definition) is 3. The normalized spacial score (nSPS) is 16.8. The third kappa shape index (κ3) is 1.11. The Hall–Kier alpha value is -1.25. The van der Waals surface area contributed by atoms with Gasteiger partial charge in [-0.3, -0.25) is 5.43 Å². The third-order valence-corrected chi connectivity index (χ3v) is 0.748. The number of hydrogen-bond donors (Lipinski definition) is 2. The second-order valence-corrected chi connectivity index (χ2v) is 1.41. The number of hydrazone groups is 1. The molecule has 0 aliphatic carbocycles. The van der Waals surface area contributed by atoms with Crippen molar-refractivity contribution in [3.05, 3.63) is 24.0 Å². The number of nitrogens with zero attached hydrogens (tertiary/aromatic N) is 1. The Bertz CT molecular complexity index is 155. The SMILES string of the molecule is NC1=CC=CNN=C1. The van der Waals surface area contributed by atoms with Crippen molar-refractivity contribution in [3.63, 3.8) is 0 Å². The second kappa shape index (κ2) is 2.16. The Balaban J connectivity index is 2.73. The lowest BCUT2D eigenvalue weighted by molar-refractivity contribution is 0.978. The maximum absolute atomic E-state index is 5.36. The summed E-state index contributed by atoms with van der Waals surface area (Å²) >= 11 is 0. The molecule has 0 spiro atoms. The van der Waals surface area contributed by atoms with Crippen LogP contribution in [0.3, 0.4) is 0 Å². The quantitative estimate of drug-likeness (QED) is 0.457. The van der Waals surface area contributed by atoms with Crippen molar-refractivity contribution >= 4 is 6.21 Å². The number of rotatable bonds is 0. The van der Waals surface area contributed by atoms with Gasteiger partial charge in [0.05, 0.1) is 11.9 Å². The van der Waals surface area contributed by atoms with Gasteiger partial charge in [0.25, 0.3) is 0 Å². The van der Waals surface area contributed by atoms with Crippen LogP contribution in [-0.2, 0) is 0 Å². The monoisotopic (exact) mass is 109 g/mol. The molecule has 3 nitrogen and oxygen atoms in total. The lowest BCUT2D eigenvalue weighted by Gasteiger charge is -1.82. The molecule has 0 atom stereocenters. The van der Waals surface area contributed by atoms with Crippen molar-refractivity contribution in [2.75, 3.05) is 0 Å². The van der Waals surface area contributed by atoms with Crippen LogP contribution in [0.5, 0.6) is 0 Å². The van der Waals surface area contributed by atoms with Gasteiger partial charge in [0.1, 0.15) is 0 Å². The zero-order valence-corrected chi connectivity index (χ0v) is 4.33. The van der Waals surface area contributed by atoms with Gasteiger partial charge in [-0.2, -0.15) is 5.10 Å². The average molecular weight is 109 g/mol. The van der Waals surface area contributed by atoms with E-state index in [-0.39, 0.29) is 0 Å². The summed E-state index contributed by atoms with van der Waals surface area (Å²) in [5.41, 5.74) is 8.65. The molecule has 0 aromatic rings. The first-order valence-electron chi connectivity index (χ1n) is 2.30. The predicted molar refractivity (Wildman–Crippen MR) is 33.0 cm³/mol. The van der Waals surface area contributed by atoms with Crippen molar-refractivity contribution < 1.29 is 0 Å². The van der Waals surface area contributed by atoms with Gasteiger partial charge in [-0.25, -0.2) is 0 Å². The van der Waals surface area contributed by atoms with Crippen LogP contribution in [0.15, 0.2) is 29.2 Å². The van der Waals surface area contributed by atoms with Gasteiger partial charge < -0.3 is 5.73 Å². The van der Waals surface area contributed by atoms with Gasteiger partial charge in [-0.15, -0.1) is 0 Å². The molecule has 0 saturated heterocycles. The molecule has 1 aliphatic rings. The molecule has 0 saturated carbocycles. The minimum Gasteiger partial charge on any atom is -0.397 e. The Morgan fingerprint density at radius 1 is 1.62 bits per heavy atom. The van der Waals surface area contributed by atoms with E-state index in [0.29, 0.717) is 5.70 Å². The van der Waals surface area contributed by atoms with E-state index in [4.69, 9.17) is 5.73 Å². The van der Waals surface area contributed by atoms with Crippen LogP contribution < -0.4 is 11.2 Å². The number of nitrogens with one attached hydrogen (secondary N) is 1. The van der Waals surface area contributed by atoms with Crippen LogP contribution in [0.2, 0.25) is 0 Å². The highest BCUT2D eigenvalue weighted by Crippen LogP contribution is 1.83. The highest BCUT2D eigenvalue weighted by Gasteiger charge is 1.80. The van der Waals surface area contributed by atoms with Gasteiger partial charge >= 0.3 is 0 Å². The summed E-state index contributed by atoms with van der Waals surface area (Å²) in [6.45, 7) is 0. The Kier molecular flexibility index (Phi) is 1.32. The van der Waals surface area contributed by atoms with Crippen LogP contribution in [0.25, 0.3) is 0 Å². The van der Waals surface area contributed by atoms with Crippen LogP contribution in [0, 0.1) is 0 Å². The summed E-state index contributed by atoms with van der Waals surface area (Å²) < 4.78 is 0. The molecule has 0 aromatic carbocycles. The average Bonchev–Trinajstić information content (AvgIpc) is 1.94. The highest BCUT2D eigenvalue weighted by atomic mass is 15.3. The molecule has 3 N–H and O–H groups in total. The molecule has 3 heteroatoms. The topological polar surface area (TPSA) is 50.4 Å². The largest absolute Gasteiger partial charge is 0.397 e. The zero-order chi connectivity index (χ0) is 5.82. The number of allylic oxidation sites excluding steroid dienone is 3. The van der Waals surface area contributed by atoms with E-state index in [9.17, 15) is 0 Å². The highest BCUT2D eigenvalue weighted by molar-refractivity contribution is 5.77. The van der Waals surface area contributed by atoms with Crippen LogP contribution >= 0.6 is 0 Å². The molecule has 0 radical (unpaired) electrons. The lowest BCUT2D eigenvalue weighted by atomic mass is 10.4. The standard InChI is InChI=1S/C5H7N3/c6-5-2-1-3-7-8-4-5/h1-4,7H,6H2. The van der Waals surface area contributed by atoms with Crippen LogP contribution in [-0.4, -0.2) is 6.21 Å². The Labute approximate surface area is 47.6 Å². The van der Waals surface area contributed by atoms with Crippen LogP contribution in [0.4, 0.5) is 0 Å². The van der Waals surface area contributed by atoms with E-state index in [1.54, 1.807) is 24.6 Å². The first-order valence-corrected chi connectivity index (χ1v) is 2.30. The van der Waals surface area contributed by atoms with Gasteiger partial charge in [0.15, 0.2) is 0 Å². The maximum atomic E-state index is 5.36. The van der Waals surface area contributed by atoms with Crippen molar-refractivity contribution in [1.82, 2.24) is 5.43 Å². The van der Waals surface area contributed by atoms with Gasteiger partial charge in [-0.05, 0) is 12.2 Å². The fourth-order valence-electron chi connectivity index (χ4n) is 0.400. The van der Waals surface area contributed by atoms with Crippen molar-refractivity contribution in [2.24, 2.45) is 10.8 Å². The Morgan fingerprint density at radius 2 is 2.50 bits per heavy atom. The first-order chi connectivity index (χ1) is 3.89. The van der Waals surface area contributed by atoms with E-state index >= 15 is 0 Å². The molecule has 8 heavy (non-hydrogen) atoms. The molecule has 1 rings (SSSR count). The minimum absolute atomic E-state index is 0.659. The molecule has 1 heterocycles. The molecular weight excluding hydrogens is 102 g/mol. The first kappa shape index (κ1) is 4.90. The summed E-state index contributed by atoms with van der Waals surface area (Å²) in [7, 11) is 0. The summed E-state index contributed by atoms with van der Waals surface area (Å²) in [6, 6.07) is 0. The zero-order valence-electron chi connectivity index (χ0n) is 4.33. The molecule has 0 fully saturated rings. The van der Waals surface area contributed by atoms with E-state index in [1.165, 1.54) is 0 Å². The molecule has 42 valence electrons. The van der Waals surface area contributed by atoms with Gasteiger partial charge in [-0.1, -0.05) is 0 Å². The third-order valence-electron chi connectivity index (χ3n) is 0.748. The van der Waals surface area contributed by atoms with Crippen molar-refractivity contribution in [1.29, 1.82) is 0 Å². The van der Waals surface area contributed by atoms with E-state index < -0.39 is 0 Å². The summed E-state index contributed by atoms with van der Waals surface area (Å²) in [5.74, 6) is 0. The van der Waals surface area contributed by atoms with E-state index in [2.05, 4.69) is 10.5 Å². The van der Waals surface area contributed by atoms with Crippen molar-refractivity contribution in [2.45, 2.75) is 0 Å². The van der Waals surface area contributed by atoms with Gasteiger partial charge in [0.2, 0.25) is 0 Å². The minimum atomic E-state index is 0.659. The molecule has 0 amide bonds. The summed E-state index contributed by atoms with van der Waals surface area (Å²) in [6.07, 6.45) is 6.82. The number of nitrogens with two attached hydrogens (primary N) is 1. The van der Waals surface area contributed by atoms with E-state index in [0.717, 1.165) is 0 Å². The molecular formula is C5H7N3. The van der Waals surface area contributed by atoms with E-state index in [1.807, 2.05) is 0 Å². The molecule has 0 unspecified atom stereocenters. The summed E-state index contributed by atoms with van der Waals surface area (Å²) in [4.78, 5) is 0. The lowest BCUT2D eigenvalue weighted by Crippen LogP contribution is -1.98. The predicted octanol–water partition coefficient (Wildman–Crippen LogP) is -0.0683. The fraction of sp³-hybridized carbons (Fsp3) is 0. The van der Waals surface area contributed by atoms with Gasteiger partial charge in [0, 0.05) is 6.20 Å². The van der Waals surface area contributed by atoms with Crippen LogP contribution in [0.1, 0.15) is 0 Å². The maximum Gasteiger partial charge on any atom is 0.0701 e. The Morgan fingerprint density at radius 3 is 3.38 bits per heavy atom. The second-order valence-electron chi connectivity index (χ2n) is 1.41. The molecule has 0 aromatic heterocycles. The molecule has 1 aliphatic heterocycles.